The lowest BCUT2D eigenvalue weighted by atomic mass is 10.1. The van der Waals surface area contributed by atoms with E-state index in [-0.39, 0.29) is 24.4 Å². The number of benzene rings is 1. The molecule has 124 valence electrons. The molecule has 0 spiro atoms. The molecule has 0 radical (unpaired) electrons. The number of carbonyl (C=O) groups excluding carboxylic acids is 2. The van der Waals surface area contributed by atoms with Crippen LogP contribution in [0.15, 0.2) is 30.0 Å². The maximum atomic E-state index is 14.1. The number of ether oxygens (including phenoxy) is 2. The molecule has 2 rings (SSSR count). The average Bonchev–Trinajstić information content (AvgIpc) is 2.78. The van der Waals surface area contributed by atoms with E-state index in [1.54, 1.807) is 0 Å². The molecule has 7 nitrogen and oxygen atoms in total. The third-order valence-corrected chi connectivity index (χ3v) is 3.29. The van der Waals surface area contributed by atoms with Crippen LogP contribution in [0, 0.1) is 5.82 Å². The van der Waals surface area contributed by atoms with Crippen molar-refractivity contribution in [1.29, 1.82) is 0 Å². The molecule has 0 saturated carbocycles. The summed E-state index contributed by atoms with van der Waals surface area (Å²) < 4.78 is 24.1. The zero-order valence-electron chi connectivity index (χ0n) is 12.7. The minimum absolute atomic E-state index is 0.0191. The second kappa shape index (κ2) is 7.32. The molecule has 1 aromatic rings. The van der Waals surface area contributed by atoms with Crippen LogP contribution in [0.4, 0.5) is 10.1 Å². The maximum Gasteiger partial charge on any atom is 0.277 e. The normalized spacial score (nSPS) is 14.7. The van der Waals surface area contributed by atoms with E-state index in [9.17, 15) is 14.0 Å². The molecule has 1 heterocycles. The number of carbonyl (C=O) groups is 2. The molecular formula is C15H17FN2O5. The Morgan fingerprint density at radius 2 is 2.00 bits per heavy atom. The summed E-state index contributed by atoms with van der Waals surface area (Å²) >= 11 is 0. The Hall–Kier alpha value is -2.29. The van der Waals surface area contributed by atoms with Crippen molar-refractivity contribution in [3.8, 4) is 0 Å². The first kappa shape index (κ1) is 17.1. The monoisotopic (exact) mass is 324 g/mol. The van der Waals surface area contributed by atoms with Gasteiger partial charge in [0.15, 0.2) is 6.29 Å². The van der Waals surface area contributed by atoms with Gasteiger partial charge in [-0.3, -0.25) is 14.5 Å². The highest BCUT2D eigenvalue weighted by atomic mass is 19.1. The minimum atomic E-state index is -0.835. The van der Waals surface area contributed by atoms with Gasteiger partial charge in [-0.25, -0.2) is 4.39 Å². The summed E-state index contributed by atoms with van der Waals surface area (Å²) in [4.78, 5) is 24.5. The van der Waals surface area contributed by atoms with Crippen molar-refractivity contribution in [2.45, 2.75) is 6.29 Å². The van der Waals surface area contributed by atoms with Gasteiger partial charge in [-0.1, -0.05) is 0 Å². The Labute approximate surface area is 132 Å². The molecule has 1 aliphatic rings. The molecular weight excluding hydrogens is 307 g/mol. The van der Waals surface area contributed by atoms with Crippen LogP contribution < -0.4 is 5.32 Å². The lowest BCUT2D eigenvalue weighted by molar-refractivity contribution is -0.137. The molecule has 2 amide bonds. The summed E-state index contributed by atoms with van der Waals surface area (Å²) in [7, 11) is 2.78. The molecule has 0 atom stereocenters. The van der Waals surface area contributed by atoms with Gasteiger partial charge < -0.3 is 19.9 Å². The summed E-state index contributed by atoms with van der Waals surface area (Å²) in [6, 6.07) is 4.17. The fraction of sp³-hybridized carbons (Fsp3) is 0.333. The summed E-state index contributed by atoms with van der Waals surface area (Å²) in [5, 5.41) is 11.5. The van der Waals surface area contributed by atoms with Gasteiger partial charge in [0.25, 0.3) is 11.8 Å². The number of aliphatic hydroxyl groups is 1. The van der Waals surface area contributed by atoms with E-state index in [0.29, 0.717) is 5.69 Å². The van der Waals surface area contributed by atoms with Gasteiger partial charge in [0, 0.05) is 31.5 Å². The maximum absolute atomic E-state index is 14.1. The second-order valence-corrected chi connectivity index (χ2v) is 4.74. The van der Waals surface area contributed by atoms with Gasteiger partial charge in [-0.05, 0) is 18.2 Å². The van der Waals surface area contributed by atoms with Crippen LogP contribution in [0.25, 0.3) is 0 Å². The minimum Gasteiger partial charge on any atom is -0.395 e. The predicted octanol–water partition coefficient (Wildman–Crippen LogP) is 0.774. The quantitative estimate of drug-likeness (QED) is 0.569. The highest BCUT2D eigenvalue weighted by Gasteiger charge is 2.30. The standard InChI is InChI=1S/C15H17FN2O5/c1-22-15(23-2)10-4-3-9(7-11(10)16)17-12-8-13(20)18(5-6-19)14(12)21/h3-4,7-8,15,17,19H,5-6H2,1-2H3. The summed E-state index contributed by atoms with van der Waals surface area (Å²) in [5.41, 5.74) is 0.534. The van der Waals surface area contributed by atoms with Gasteiger partial charge in [-0.15, -0.1) is 0 Å². The molecule has 0 aromatic heterocycles. The highest BCUT2D eigenvalue weighted by Crippen LogP contribution is 2.25. The van der Waals surface area contributed by atoms with Crippen molar-refractivity contribution < 1.29 is 28.6 Å². The zero-order valence-corrected chi connectivity index (χ0v) is 12.7. The largest absolute Gasteiger partial charge is 0.395 e. The summed E-state index contributed by atoms with van der Waals surface area (Å²) in [6.07, 6.45) is 0.273. The molecule has 1 aromatic carbocycles. The third-order valence-electron chi connectivity index (χ3n) is 3.29. The number of imide groups is 1. The van der Waals surface area contributed by atoms with E-state index in [0.717, 1.165) is 11.0 Å². The fourth-order valence-electron chi connectivity index (χ4n) is 2.21. The van der Waals surface area contributed by atoms with Crippen LogP contribution in [-0.2, 0) is 19.1 Å². The number of methoxy groups -OCH3 is 2. The highest BCUT2D eigenvalue weighted by molar-refractivity contribution is 6.17. The van der Waals surface area contributed by atoms with Gasteiger partial charge in [0.1, 0.15) is 11.5 Å². The smallest absolute Gasteiger partial charge is 0.277 e. The first-order chi connectivity index (χ1) is 11.0. The molecule has 0 aliphatic carbocycles. The van der Waals surface area contributed by atoms with Gasteiger partial charge >= 0.3 is 0 Å². The van der Waals surface area contributed by atoms with Crippen LogP contribution in [0.5, 0.6) is 0 Å². The molecule has 2 N–H and O–H groups in total. The predicted molar refractivity (Wildman–Crippen MR) is 78.7 cm³/mol. The molecule has 0 bridgehead atoms. The van der Waals surface area contributed by atoms with Gasteiger partial charge in [-0.2, -0.15) is 0 Å². The topological polar surface area (TPSA) is 88.1 Å². The number of amides is 2. The average molecular weight is 324 g/mol. The molecule has 23 heavy (non-hydrogen) atoms. The second-order valence-electron chi connectivity index (χ2n) is 4.74. The summed E-state index contributed by atoms with van der Waals surface area (Å²) in [6.45, 7) is -0.409. The van der Waals surface area contributed by atoms with Crippen LogP contribution >= 0.6 is 0 Å². The first-order valence-corrected chi connectivity index (χ1v) is 6.82. The molecule has 8 heteroatoms. The fourth-order valence-corrected chi connectivity index (χ4v) is 2.21. The van der Waals surface area contributed by atoms with Gasteiger partial charge in [0.05, 0.1) is 13.2 Å². The van der Waals surface area contributed by atoms with Crippen LogP contribution in [0.2, 0.25) is 0 Å². The Morgan fingerprint density at radius 3 is 2.57 bits per heavy atom. The van der Waals surface area contributed by atoms with Crippen LogP contribution in [0.1, 0.15) is 11.9 Å². The number of aliphatic hydroxyl groups excluding tert-OH is 1. The Morgan fingerprint density at radius 1 is 1.30 bits per heavy atom. The number of anilines is 1. The number of nitrogens with zero attached hydrogens (tertiary/aromatic N) is 1. The van der Waals surface area contributed by atoms with E-state index in [1.807, 2.05) is 0 Å². The van der Waals surface area contributed by atoms with Crippen molar-refractivity contribution in [2.24, 2.45) is 0 Å². The van der Waals surface area contributed by atoms with Crippen molar-refractivity contribution >= 4 is 17.5 Å². The van der Waals surface area contributed by atoms with Crippen LogP contribution in [0.3, 0.4) is 0 Å². The number of nitrogens with one attached hydrogen (secondary N) is 1. The number of halogens is 1. The molecule has 1 aliphatic heterocycles. The van der Waals surface area contributed by atoms with Crippen molar-refractivity contribution in [3.05, 3.63) is 41.4 Å². The molecule has 0 saturated heterocycles. The van der Waals surface area contributed by atoms with Gasteiger partial charge in [0.2, 0.25) is 0 Å². The van der Waals surface area contributed by atoms with Crippen molar-refractivity contribution in [1.82, 2.24) is 4.90 Å². The lowest BCUT2D eigenvalue weighted by Gasteiger charge is -2.16. The lowest BCUT2D eigenvalue weighted by Crippen LogP contribution is -2.34. The zero-order chi connectivity index (χ0) is 17.0. The first-order valence-electron chi connectivity index (χ1n) is 6.82. The Bertz CT molecular complexity index is 643. The van der Waals surface area contributed by atoms with Crippen molar-refractivity contribution in [2.75, 3.05) is 32.7 Å². The van der Waals surface area contributed by atoms with Crippen LogP contribution in [-0.4, -0.2) is 49.2 Å². The van der Waals surface area contributed by atoms with E-state index < -0.39 is 23.9 Å². The number of hydrogen-bond acceptors (Lipinski definition) is 6. The Kier molecular flexibility index (Phi) is 5.43. The number of hydrogen-bond donors (Lipinski definition) is 2. The SMILES string of the molecule is COC(OC)c1ccc(NC2=CC(=O)N(CCO)C2=O)cc1F. The number of β-amino-alcohol motifs (C(OH)–C–C–N with tert-alkyl or cyclic N) is 1. The van der Waals surface area contributed by atoms with E-state index in [2.05, 4.69) is 5.32 Å². The van der Waals surface area contributed by atoms with E-state index >= 15 is 0 Å². The summed E-state index contributed by atoms with van der Waals surface area (Å²) in [5.74, 6) is -1.67. The molecule has 0 unspecified atom stereocenters. The number of rotatable bonds is 7. The van der Waals surface area contributed by atoms with E-state index in [1.165, 1.54) is 32.4 Å². The third kappa shape index (κ3) is 3.55. The van der Waals surface area contributed by atoms with Crippen molar-refractivity contribution in [3.63, 3.8) is 0 Å². The molecule has 0 fully saturated rings. The Balaban J connectivity index is 2.16. The van der Waals surface area contributed by atoms with E-state index in [4.69, 9.17) is 14.6 Å².